The third-order valence-corrected chi connectivity index (χ3v) is 4.18. The minimum atomic E-state index is -0.206. The second kappa shape index (κ2) is 6.91. The molecule has 2 unspecified atom stereocenters. The number of halogens is 1. The smallest absolute Gasteiger partial charge is 0.223 e. The normalized spacial score (nSPS) is 30.6. The van der Waals surface area contributed by atoms with Crippen molar-refractivity contribution in [2.45, 2.75) is 57.6 Å². The largest absolute Gasteiger partial charge is 0.372 e. The molecule has 5 heteroatoms. The summed E-state index contributed by atoms with van der Waals surface area (Å²) >= 11 is 0. The van der Waals surface area contributed by atoms with Crippen molar-refractivity contribution in [3.8, 4) is 0 Å². The van der Waals surface area contributed by atoms with Crippen LogP contribution < -0.4 is 5.73 Å². The van der Waals surface area contributed by atoms with Gasteiger partial charge in [0.05, 0.1) is 12.2 Å². The van der Waals surface area contributed by atoms with Crippen LogP contribution in [-0.2, 0) is 9.53 Å². The Morgan fingerprint density at radius 1 is 1.37 bits per heavy atom. The fraction of sp³-hybridized carbons (Fsp3) is 0.929. The Balaban J connectivity index is 0.00000180. The Morgan fingerprint density at radius 3 is 2.68 bits per heavy atom. The molecule has 2 fully saturated rings. The van der Waals surface area contributed by atoms with Gasteiger partial charge in [-0.25, -0.2) is 0 Å². The molecule has 2 atom stereocenters. The van der Waals surface area contributed by atoms with Crippen molar-refractivity contribution in [3.63, 3.8) is 0 Å². The molecule has 1 saturated carbocycles. The molecule has 0 aromatic carbocycles. The molecule has 2 N–H and O–H groups in total. The highest BCUT2D eigenvalue weighted by Crippen LogP contribution is 2.27. The summed E-state index contributed by atoms with van der Waals surface area (Å²) in [7, 11) is 0. The van der Waals surface area contributed by atoms with E-state index in [2.05, 4.69) is 0 Å². The maximum absolute atomic E-state index is 12.3. The first-order valence-corrected chi connectivity index (χ1v) is 7.15. The summed E-state index contributed by atoms with van der Waals surface area (Å²) in [6.45, 7) is 6.16. The van der Waals surface area contributed by atoms with Crippen LogP contribution in [0.2, 0.25) is 0 Å². The van der Waals surface area contributed by atoms with Crippen molar-refractivity contribution in [2.24, 2.45) is 11.7 Å². The second-order valence-corrected chi connectivity index (χ2v) is 6.34. The van der Waals surface area contributed by atoms with E-state index in [1.165, 1.54) is 12.8 Å². The monoisotopic (exact) mass is 290 g/mol. The molecule has 112 valence electrons. The highest BCUT2D eigenvalue weighted by Gasteiger charge is 2.32. The molecular weight excluding hydrogens is 264 g/mol. The lowest BCUT2D eigenvalue weighted by Gasteiger charge is -2.39. The minimum Gasteiger partial charge on any atom is -0.372 e. The molecule has 1 heterocycles. The number of rotatable bonds is 2. The van der Waals surface area contributed by atoms with Crippen LogP contribution in [0.4, 0.5) is 0 Å². The van der Waals surface area contributed by atoms with E-state index in [4.69, 9.17) is 10.5 Å². The van der Waals surface area contributed by atoms with E-state index in [1.807, 2.05) is 18.7 Å². The molecule has 0 aromatic heterocycles. The summed E-state index contributed by atoms with van der Waals surface area (Å²) in [5, 5.41) is 0. The van der Waals surface area contributed by atoms with Crippen molar-refractivity contribution < 1.29 is 9.53 Å². The van der Waals surface area contributed by atoms with Crippen LogP contribution in [0.3, 0.4) is 0 Å². The predicted octanol–water partition coefficient (Wildman–Crippen LogP) is 1.95. The topological polar surface area (TPSA) is 55.6 Å². The van der Waals surface area contributed by atoms with Gasteiger partial charge in [0.15, 0.2) is 0 Å². The average Bonchev–Trinajstić information content (AvgIpc) is 2.31. The van der Waals surface area contributed by atoms with Crippen molar-refractivity contribution in [3.05, 3.63) is 0 Å². The quantitative estimate of drug-likeness (QED) is 0.846. The molecule has 0 aromatic rings. The van der Waals surface area contributed by atoms with Gasteiger partial charge < -0.3 is 15.4 Å². The van der Waals surface area contributed by atoms with Crippen molar-refractivity contribution in [2.75, 3.05) is 19.7 Å². The number of morpholine rings is 1. The molecule has 0 bridgehead atoms. The molecule has 4 nitrogen and oxygen atoms in total. The van der Waals surface area contributed by atoms with Gasteiger partial charge in [-0.3, -0.25) is 4.79 Å². The van der Waals surface area contributed by atoms with E-state index in [9.17, 15) is 4.79 Å². The van der Waals surface area contributed by atoms with Gasteiger partial charge in [0.25, 0.3) is 0 Å². The van der Waals surface area contributed by atoms with E-state index in [1.54, 1.807) is 0 Å². The summed E-state index contributed by atoms with van der Waals surface area (Å²) in [5.41, 5.74) is 5.91. The fourth-order valence-corrected chi connectivity index (χ4v) is 3.07. The highest BCUT2D eigenvalue weighted by atomic mass is 35.5. The van der Waals surface area contributed by atoms with E-state index in [0.717, 1.165) is 19.4 Å². The van der Waals surface area contributed by atoms with Gasteiger partial charge in [-0.15, -0.1) is 12.4 Å². The summed E-state index contributed by atoms with van der Waals surface area (Å²) in [5.74, 6) is 0.644. The molecule has 1 aliphatic heterocycles. The summed E-state index contributed by atoms with van der Waals surface area (Å²) in [4.78, 5) is 14.3. The predicted molar refractivity (Wildman–Crippen MR) is 78.4 cm³/mol. The van der Waals surface area contributed by atoms with Gasteiger partial charge in [-0.05, 0) is 32.6 Å². The van der Waals surface area contributed by atoms with E-state index in [0.29, 0.717) is 25.5 Å². The van der Waals surface area contributed by atoms with Crippen molar-refractivity contribution in [1.29, 1.82) is 0 Å². The zero-order valence-electron chi connectivity index (χ0n) is 12.1. The summed E-state index contributed by atoms with van der Waals surface area (Å²) < 4.78 is 5.64. The minimum absolute atomic E-state index is 0. The first kappa shape index (κ1) is 16.7. The number of nitrogens with two attached hydrogens (primary N) is 1. The van der Waals surface area contributed by atoms with Gasteiger partial charge in [-0.1, -0.05) is 12.8 Å². The number of carbonyl (C=O) groups excluding carboxylic acids is 1. The van der Waals surface area contributed by atoms with E-state index < -0.39 is 0 Å². The fourth-order valence-electron chi connectivity index (χ4n) is 3.07. The third-order valence-electron chi connectivity index (χ3n) is 4.18. The lowest BCUT2D eigenvalue weighted by molar-refractivity contribution is -0.147. The van der Waals surface area contributed by atoms with Gasteiger partial charge in [-0.2, -0.15) is 0 Å². The first-order valence-electron chi connectivity index (χ1n) is 7.15. The van der Waals surface area contributed by atoms with Gasteiger partial charge in [0.2, 0.25) is 5.91 Å². The number of ether oxygens (including phenoxy) is 1. The zero-order chi connectivity index (χ0) is 13.2. The second-order valence-electron chi connectivity index (χ2n) is 6.34. The standard InChI is InChI=1S/C14H26N2O2.ClH/c1-14(2)10-16(7-8-18-14)13(17)9-11-5-3-4-6-12(11)15;/h11-12H,3-10,15H2,1-2H3;1H. The maximum atomic E-state index is 12.3. The lowest BCUT2D eigenvalue weighted by Crippen LogP contribution is -2.51. The Bertz CT molecular complexity index is 310. The molecule has 1 aliphatic carbocycles. The number of nitrogens with zero attached hydrogens (tertiary/aromatic N) is 1. The zero-order valence-corrected chi connectivity index (χ0v) is 12.9. The van der Waals surface area contributed by atoms with E-state index in [-0.39, 0.29) is 30.0 Å². The molecule has 2 rings (SSSR count). The number of amides is 1. The maximum Gasteiger partial charge on any atom is 0.223 e. The van der Waals surface area contributed by atoms with Crippen LogP contribution in [0, 0.1) is 5.92 Å². The van der Waals surface area contributed by atoms with E-state index >= 15 is 0 Å². The Kier molecular flexibility index (Phi) is 6.09. The first-order chi connectivity index (χ1) is 8.48. The molecule has 0 radical (unpaired) electrons. The van der Waals surface area contributed by atoms with Crippen LogP contribution in [0.25, 0.3) is 0 Å². The Hall–Kier alpha value is -0.320. The van der Waals surface area contributed by atoms with Gasteiger partial charge in [0, 0.05) is 25.6 Å². The average molecular weight is 291 g/mol. The van der Waals surface area contributed by atoms with Crippen LogP contribution in [0.15, 0.2) is 0 Å². The Morgan fingerprint density at radius 2 is 2.05 bits per heavy atom. The molecule has 0 spiro atoms. The molecule has 1 amide bonds. The Labute approximate surface area is 122 Å². The number of hydrogen-bond donors (Lipinski definition) is 1. The van der Waals surface area contributed by atoms with Crippen LogP contribution in [0.1, 0.15) is 46.0 Å². The van der Waals surface area contributed by atoms with Gasteiger partial charge >= 0.3 is 0 Å². The summed E-state index contributed by atoms with van der Waals surface area (Å²) in [6, 6.07) is 0.219. The molecular formula is C14H27ClN2O2. The highest BCUT2D eigenvalue weighted by molar-refractivity contribution is 5.85. The van der Waals surface area contributed by atoms with Gasteiger partial charge in [0.1, 0.15) is 0 Å². The molecule has 2 aliphatic rings. The molecule has 19 heavy (non-hydrogen) atoms. The van der Waals surface area contributed by atoms with Crippen molar-refractivity contribution >= 4 is 18.3 Å². The SMILES string of the molecule is CC1(C)CN(C(=O)CC2CCCCC2N)CCO1.Cl. The van der Waals surface area contributed by atoms with Crippen LogP contribution in [-0.4, -0.2) is 42.1 Å². The lowest BCUT2D eigenvalue weighted by atomic mass is 9.82. The number of hydrogen-bond acceptors (Lipinski definition) is 3. The number of carbonyl (C=O) groups is 1. The third kappa shape index (κ3) is 4.62. The van der Waals surface area contributed by atoms with Crippen molar-refractivity contribution in [1.82, 2.24) is 4.90 Å². The van der Waals surface area contributed by atoms with Crippen LogP contribution >= 0.6 is 12.4 Å². The molecule has 1 saturated heterocycles. The van der Waals surface area contributed by atoms with Crippen LogP contribution in [0.5, 0.6) is 0 Å². The summed E-state index contributed by atoms with van der Waals surface area (Å²) in [6.07, 6.45) is 5.25.